The molecular weight excluding hydrogens is 477 g/mol. The molecule has 2 amide bonds. The van der Waals surface area contributed by atoms with Gasteiger partial charge in [0.05, 0.1) is 32.3 Å². The Kier molecular flexibility index (Phi) is 7.20. The minimum Gasteiger partial charge on any atom is -0.473 e. The highest BCUT2D eigenvalue weighted by molar-refractivity contribution is 7.18. The smallest absolute Gasteiger partial charge is 0.266 e. The number of pyridine rings is 1. The number of carbonyl (C=O) groups excluding carboxylic acids is 2. The van der Waals surface area contributed by atoms with Gasteiger partial charge in [0.2, 0.25) is 5.88 Å². The molecule has 0 radical (unpaired) electrons. The molecule has 34 heavy (non-hydrogen) atoms. The van der Waals surface area contributed by atoms with Crippen molar-refractivity contribution < 1.29 is 18.7 Å². The van der Waals surface area contributed by atoms with Crippen LogP contribution in [0.2, 0.25) is 5.02 Å². The van der Waals surface area contributed by atoms with E-state index in [-0.39, 0.29) is 16.5 Å². The third kappa shape index (κ3) is 5.78. The summed E-state index contributed by atoms with van der Waals surface area (Å²) in [6.07, 6.45) is 1.51. The number of ether oxygens (including phenoxy) is 1. The van der Waals surface area contributed by atoms with Crippen molar-refractivity contribution in [3.8, 4) is 5.88 Å². The van der Waals surface area contributed by atoms with E-state index in [9.17, 15) is 14.0 Å². The van der Waals surface area contributed by atoms with Crippen molar-refractivity contribution in [2.75, 3.05) is 10.6 Å². The summed E-state index contributed by atoms with van der Waals surface area (Å²) in [7, 11) is 0. The Morgan fingerprint density at radius 2 is 1.82 bits per heavy atom. The number of halogens is 2. The molecule has 0 saturated heterocycles. The van der Waals surface area contributed by atoms with Crippen LogP contribution in [0.15, 0.2) is 72.9 Å². The topological polar surface area (TPSA) is 80.3 Å². The zero-order valence-electron chi connectivity index (χ0n) is 18.0. The number of aromatic nitrogens is 1. The fourth-order valence-corrected chi connectivity index (χ4v) is 4.30. The zero-order chi connectivity index (χ0) is 24.1. The van der Waals surface area contributed by atoms with Crippen LogP contribution >= 0.6 is 22.9 Å². The quantitative estimate of drug-likeness (QED) is 0.314. The number of hydrogen-bond acceptors (Lipinski definition) is 5. The van der Waals surface area contributed by atoms with Gasteiger partial charge in [-0.15, -0.1) is 11.3 Å². The van der Waals surface area contributed by atoms with Gasteiger partial charge in [0.25, 0.3) is 11.8 Å². The van der Waals surface area contributed by atoms with Crippen LogP contribution < -0.4 is 15.4 Å². The number of anilines is 2. The van der Waals surface area contributed by atoms with Gasteiger partial charge >= 0.3 is 0 Å². The van der Waals surface area contributed by atoms with Crippen molar-refractivity contribution in [3.05, 3.63) is 105 Å². The van der Waals surface area contributed by atoms with Gasteiger partial charge in [-0.1, -0.05) is 41.9 Å². The predicted octanol–water partition coefficient (Wildman–Crippen LogP) is 6.33. The first-order valence-electron chi connectivity index (χ1n) is 10.2. The maximum Gasteiger partial charge on any atom is 0.266 e. The van der Waals surface area contributed by atoms with Crippen LogP contribution in [0.3, 0.4) is 0 Å². The highest BCUT2D eigenvalue weighted by atomic mass is 35.5. The molecule has 172 valence electrons. The molecule has 0 aliphatic heterocycles. The van der Waals surface area contributed by atoms with Gasteiger partial charge < -0.3 is 15.4 Å². The van der Waals surface area contributed by atoms with E-state index < -0.39 is 11.7 Å². The third-order valence-electron chi connectivity index (χ3n) is 4.76. The molecule has 0 fully saturated rings. The van der Waals surface area contributed by atoms with E-state index in [1.807, 2.05) is 30.3 Å². The summed E-state index contributed by atoms with van der Waals surface area (Å²) in [4.78, 5) is 29.9. The molecule has 0 atom stereocenters. The van der Waals surface area contributed by atoms with E-state index in [0.29, 0.717) is 33.6 Å². The lowest BCUT2D eigenvalue weighted by molar-refractivity contribution is 0.102. The summed E-state index contributed by atoms with van der Waals surface area (Å²) in [5.41, 5.74) is 2.37. The molecule has 0 bridgehead atoms. The Labute approximate surface area is 204 Å². The summed E-state index contributed by atoms with van der Waals surface area (Å²) in [6, 6.07) is 18.3. The Morgan fingerprint density at radius 3 is 2.53 bits per heavy atom. The molecule has 0 unspecified atom stereocenters. The Bertz CT molecular complexity index is 1330. The number of hydrogen-bond donors (Lipinski definition) is 2. The van der Waals surface area contributed by atoms with E-state index in [4.69, 9.17) is 16.3 Å². The van der Waals surface area contributed by atoms with Crippen molar-refractivity contribution in [2.45, 2.75) is 13.5 Å². The lowest BCUT2D eigenvalue weighted by atomic mass is 10.2. The van der Waals surface area contributed by atoms with Crippen LogP contribution in [0.4, 0.5) is 15.1 Å². The maximum absolute atomic E-state index is 13.2. The Balaban J connectivity index is 1.37. The van der Waals surface area contributed by atoms with Crippen molar-refractivity contribution in [3.63, 3.8) is 0 Å². The van der Waals surface area contributed by atoms with Gasteiger partial charge in [0.15, 0.2) is 0 Å². The van der Waals surface area contributed by atoms with Gasteiger partial charge in [0, 0.05) is 6.07 Å². The highest BCUT2D eigenvalue weighted by Crippen LogP contribution is 2.29. The van der Waals surface area contributed by atoms with Crippen LogP contribution in [0.25, 0.3) is 0 Å². The molecule has 6 nitrogen and oxygen atoms in total. The molecule has 4 rings (SSSR count). The molecule has 0 spiro atoms. The van der Waals surface area contributed by atoms with Crippen LogP contribution in [0, 0.1) is 12.7 Å². The molecule has 2 N–H and O–H groups in total. The van der Waals surface area contributed by atoms with Gasteiger partial charge in [-0.05, 0) is 48.4 Å². The van der Waals surface area contributed by atoms with Crippen molar-refractivity contribution >= 4 is 45.4 Å². The maximum atomic E-state index is 13.2. The Morgan fingerprint density at radius 1 is 1.03 bits per heavy atom. The van der Waals surface area contributed by atoms with E-state index in [2.05, 4.69) is 15.6 Å². The lowest BCUT2D eigenvalue weighted by Gasteiger charge is -2.07. The highest BCUT2D eigenvalue weighted by Gasteiger charge is 2.17. The van der Waals surface area contributed by atoms with Gasteiger partial charge in [0.1, 0.15) is 12.4 Å². The second-order valence-corrected chi connectivity index (χ2v) is 8.77. The summed E-state index contributed by atoms with van der Waals surface area (Å²) >= 11 is 7.07. The molecule has 2 aromatic heterocycles. The standard InChI is InChI=1S/C25H19ClFN3O3S/c1-15-11-22(30-24(31)19-9-7-17(27)12-20(19)26)34-23(15)25(32)29-18-8-10-21(28-13-18)33-14-16-5-3-2-4-6-16/h2-13H,14H2,1H3,(H,29,32)(H,30,31). The minimum absolute atomic E-state index is 0.00689. The summed E-state index contributed by atoms with van der Waals surface area (Å²) in [5.74, 6) is -0.910. The van der Waals surface area contributed by atoms with E-state index >= 15 is 0 Å². The first kappa shape index (κ1) is 23.4. The average Bonchev–Trinajstić information content (AvgIpc) is 3.19. The minimum atomic E-state index is -0.530. The largest absolute Gasteiger partial charge is 0.473 e. The molecule has 0 saturated carbocycles. The predicted molar refractivity (Wildman–Crippen MR) is 131 cm³/mol. The van der Waals surface area contributed by atoms with Crippen LogP contribution in [-0.2, 0) is 6.61 Å². The first-order chi connectivity index (χ1) is 16.4. The summed E-state index contributed by atoms with van der Waals surface area (Å²) < 4.78 is 18.9. The van der Waals surface area contributed by atoms with Crippen molar-refractivity contribution in [1.82, 2.24) is 4.98 Å². The second kappa shape index (κ2) is 10.5. The molecule has 0 aliphatic carbocycles. The summed E-state index contributed by atoms with van der Waals surface area (Å²) in [6.45, 7) is 2.16. The van der Waals surface area contributed by atoms with E-state index in [0.717, 1.165) is 29.0 Å². The van der Waals surface area contributed by atoms with Crippen molar-refractivity contribution in [1.29, 1.82) is 0 Å². The number of rotatable bonds is 7. The lowest BCUT2D eigenvalue weighted by Crippen LogP contribution is -2.12. The monoisotopic (exact) mass is 495 g/mol. The van der Waals surface area contributed by atoms with Gasteiger partial charge in [-0.2, -0.15) is 0 Å². The molecule has 2 aromatic carbocycles. The normalized spacial score (nSPS) is 10.6. The summed E-state index contributed by atoms with van der Waals surface area (Å²) in [5, 5.41) is 5.96. The van der Waals surface area contributed by atoms with Gasteiger partial charge in [-0.25, -0.2) is 9.37 Å². The average molecular weight is 496 g/mol. The van der Waals surface area contributed by atoms with Crippen LogP contribution in [-0.4, -0.2) is 16.8 Å². The number of thiophene rings is 1. The molecule has 4 aromatic rings. The zero-order valence-corrected chi connectivity index (χ0v) is 19.5. The molecule has 0 aliphatic rings. The number of carbonyl (C=O) groups is 2. The SMILES string of the molecule is Cc1cc(NC(=O)c2ccc(F)cc2Cl)sc1C(=O)Nc1ccc(OCc2ccccc2)nc1. The molecular formula is C25H19ClFN3O3S. The fourth-order valence-electron chi connectivity index (χ4n) is 3.08. The number of amides is 2. The number of aryl methyl sites for hydroxylation is 1. The number of nitrogens with one attached hydrogen (secondary N) is 2. The van der Waals surface area contributed by atoms with E-state index in [1.54, 1.807) is 25.1 Å². The van der Waals surface area contributed by atoms with Crippen LogP contribution in [0.5, 0.6) is 5.88 Å². The fraction of sp³-hybridized carbons (Fsp3) is 0.0800. The second-order valence-electron chi connectivity index (χ2n) is 7.31. The first-order valence-corrected chi connectivity index (χ1v) is 11.4. The van der Waals surface area contributed by atoms with Crippen molar-refractivity contribution in [2.24, 2.45) is 0 Å². The number of nitrogens with zero attached hydrogens (tertiary/aromatic N) is 1. The molecule has 9 heteroatoms. The van der Waals surface area contributed by atoms with Gasteiger partial charge in [-0.3, -0.25) is 9.59 Å². The molecule has 2 heterocycles. The van der Waals surface area contributed by atoms with Crippen LogP contribution in [0.1, 0.15) is 31.2 Å². The van der Waals surface area contributed by atoms with E-state index in [1.165, 1.54) is 12.3 Å². The Hall–Kier alpha value is -3.75. The third-order valence-corrected chi connectivity index (χ3v) is 6.22. The number of benzene rings is 2.